The Bertz CT molecular complexity index is 655. The molecule has 1 aliphatic rings. The van der Waals surface area contributed by atoms with Crippen molar-refractivity contribution in [2.75, 3.05) is 6.54 Å². The maximum absolute atomic E-state index is 4.40. The van der Waals surface area contributed by atoms with Gasteiger partial charge in [0.25, 0.3) is 0 Å². The average molecular weight is 349 g/mol. The van der Waals surface area contributed by atoms with E-state index in [0.717, 1.165) is 38.3 Å². The Kier molecular flexibility index (Phi) is 6.81. The zero-order valence-electron chi connectivity index (χ0n) is 15.1. The van der Waals surface area contributed by atoms with Gasteiger partial charge in [0.05, 0.1) is 0 Å². The molecule has 0 spiro atoms. The van der Waals surface area contributed by atoms with Gasteiger partial charge in [0.15, 0.2) is 0 Å². The lowest BCUT2D eigenvalue weighted by Crippen LogP contribution is -2.20. The summed E-state index contributed by atoms with van der Waals surface area (Å²) in [5, 5.41) is 12.4. The molecule has 0 saturated carbocycles. The molecule has 2 heterocycles. The first-order chi connectivity index (χ1) is 11.1. The molecule has 0 radical (unpaired) electrons. The fourth-order valence-corrected chi connectivity index (χ4v) is 3.63. The second-order valence-corrected chi connectivity index (χ2v) is 6.80. The van der Waals surface area contributed by atoms with Gasteiger partial charge in [-0.2, -0.15) is 0 Å². The highest BCUT2D eigenvalue weighted by molar-refractivity contribution is 5.85. The zero-order valence-corrected chi connectivity index (χ0v) is 15.9. The van der Waals surface area contributed by atoms with Crippen LogP contribution in [0.25, 0.3) is 0 Å². The van der Waals surface area contributed by atoms with Crippen molar-refractivity contribution in [3.05, 3.63) is 46.0 Å². The van der Waals surface area contributed by atoms with Crippen LogP contribution in [0.5, 0.6) is 0 Å². The number of hydrogen-bond donors (Lipinski definition) is 1. The molecule has 2 aromatic rings. The summed E-state index contributed by atoms with van der Waals surface area (Å²) in [6, 6.07) is 4.53. The second kappa shape index (κ2) is 8.63. The molecule has 1 aliphatic heterocycles. The van der Waals surface area contributed by atoms with Gasteiger partial charge in [0.2, 0.25) is 0 Å². The number of aromatic nitrogens is 3. The minimum Gasteiger partial charge on any atom is -0.315 e. The quantitative estimate of drug-likeness (QED) is 0.838. The van der Waals surface area contributed by atoms with Crippen molar-refractivity contribution in [3.8, 4) is 0 Å². The molecule has 132 valence electrons. The topological polar surface area (TPSA) is 42.7 Å². The molecule has 1 N–H and O–H groups in total. The molecule has 0 aliphatic carbocycles. The Labute approximate surface area is 151 Å². The second-order valence-electron chi connectivity index (χ2n) is 6.80. The van der Waals surface area contributed by atoms with Gasteiger partial charge >= 0.3 is 0 Å². The minimum atomic E-state index is 0. The zero-order chi connectivity index (χ0) is 16.2. The third kappa shape index (κ3) is 4.37. The lowest BCUT2D eigenvalue weighted by Gasteiger charge is -2.12. The van der Waals surface area contributed by atoms with E-state index < -0.39 is 0 Å². The van der Waals surface area contributed by atoms with Crippen LogP contribution in [0.3, 0.4) is 0 Å². The third-order valence-electron chi connectivity index (χ3n) is 4.85. The van der Waals surface area contributed by atoms with Gasteiger partial charge < -0.3 is 9.88 Å². The van der Waals surface area contributed by atoms with Crippen LogP contribution in [-0.4, -0.2) is 21.3 Å². The minimum absolute atomic E-state index is 0. The van der Waals surface area contributed by atoms with E-state index in [4.69, 9.17) is 0 Å². The highest BCUT2D eigenvalue weighted by Gasteiger charge is 2.14. The van der Waals surface area contributed by atoms with Crippen molar-refractivity contribution < 1.29 is 0 Å². The van der Waals surface area contributed by atoms with E-state index in [2.05, 4.69) is 53.0 Å². The molecule has 4 nitrogen and oxygen atoms in total. The summed E-state index contributed by atoms with van der Waals surface area (Å²) in [4.78, 5) is 0. The van der Waals surface area contributed by atoms with Crippen molar-refractivity contribution in [3.63, 3.8) is 0 Å². The van der Waals surface area contributed by atoms with Crippen LogP contribution in [0, 0.1) is 20.8 Å². The molecule has 24 heavy (non-hydrogen) atoms. The van der Waals surface area contributed by atoms with Crippen molar-refractivity contribution in [1.82, 2.24) is 20.1 Å². The average Bonchev–Trinajstić information content (AvgIpc) is 2.73. The van der Waals surface area contributed by atoms with E-state index in [1.807, 2.05) is 0 Å². The van der Waals surface area contributed by atoms with E-state index in [1.54, 1.807) is 0 Å². The Balaban J connectivity index is 0.00000208. The fraction of sp³-hybridized carbons (Fsp3) is 0.579. The maximum Gasteiger partial charge on any atom is 0.134 e. The molecule has 5 heteroatoms. The molecule has 3 rings (SSSR count). The predicted octanol–water partition coefficient (Wildman–Crippen LogP) is 3.68. The molecular weight excluding hydrogens is 320 g/mol. The summed E-state index contributed by atoms with van der Waals surface area (Å²) < 4.78 is 2.34. The number of hydrogen-bond acceptors (Lipinski definition) is 3. The smallest absolute Gasteiger partial charge is 0.134 e. The molecule has 0 bridgehead atoms. The van der Waals surface area contributed by atoms with Gasteiger partial charge in [-0.05, 0) is 50.3 Å². The Morgan fingerprint density at radius 1 is 1.04 bits per heavy atom. The molecular formula is C19H29ClN4. The predicted molar refractivity (Wildman–Crippen MR) is 101 cm³/mol. The van der Waals surface area contributed by atoms with E-state index in [9.17, 15) is 0 Å². The van der Waals surface area contributed by atoms with Gasteiger partial charge in [-0.3, -0.25) is 0 Å². The molecule has 1 aromatic heterocycles. The molecule has 1 aromatic carbocycles. The summed E-state index contributed by atoms with van der Waals surface area (Å²) in [5.41, 5.74) is 5.53. The third-order valence-corrected chi connectivity index (χ3v) is 4.85. The SMILES string of the molecule is Cc1cc(C)c(CNCCc2nnc3n2CCCCC3)c(C)c1.Cl. The number of nitrogens with zero attached hydrogens (tertiary/aromatic N) is 3. The summed E-state index contributed by atoms with van der Waals surface area (Å²) in [6.07, 6.45) is 5.86. The van der Waals surface area contributed by atoms with E-state index in [0.29, 0.717) is 0 Å². The monoisotopic (exact) mass is 348 g/mol. The highest BCUT2D eigenvalue weighted by Crippen LogP contribution is 2.16. The Hall–Kier alpha value is -1.39. The van der Waals surface area contributed by atoms with Crippen LogP contribution in [0.15, 0.2) is 12.1 Å². The summed E-state index contributed by atoms with van der Waals surface area (Å²) >= 11 is 0. The summed E-state index contributed by atoms with van der Waals surface area (Å²) in [7, 11) is 0. The number of aryl methyl sites for hydroxylation is 4. The molecule has 0 unspecified atom stereocenters. The van der Waals surface area contributed by atoms with Crippen molar-refractivity contribution in [2.24, 2.45) is 0 Å². The Morgan fingerprint density at radius 2 is 1.79 bits per heavy atom. The lowest BCUT2D eigenvalue weighted by atomic mass is 10.00. The fourth-order valence-electron chi connectivity index (χ4n) is 3.63. The number of halogens is 1. The van der Waals surface area contributed by atoms with Crippen LogP contribution in [0.4, 0.5) is 0 Å². The molecule has 0 saturated heterocycles. The van der Waals surface area contributed by atoms with Crippen LogP contribution < -0.4 is 5.32 Å². The van der Waals surface area contributed by atoms with Gasteiger partial charge in [-0.15, -0.1) is 22.6 Å². The van der Waals surface area contributed by atoms with E-state index >= 15 is 0 Å². The van der Waals surface area contributed by atoms with Crippen molar-refractivity contribution >= 4 is 12.4 Å². The van der Waals surface area contributed by atoms with Crippen LogP contribution >= 0.6 is 12.4 Å². The van der Waals surface area contributed by atoms with Crippen LogP contribution in [0.1, 0.15) is 53.2 Å². The number of nitrogens with one attached hydrogen (secondary N) is 1. The first kappa shape index (κ1) is 18.9. The van der Waals surface area contributed by atoms with E-state index in [1.165, 1.54) is 47.3 Å². The van der Waals surface area contributed by atoms with Crippen molar-refractivity contribution in [2.45, 2.75) is 66.0 Å². The van der Waals surface area contributed by atoms with Gasteiger partial charge in [-0.25, -0.2) is 0 Å². The molecule has 0 atom stereocenters. The first-order valence-corrected chi connectivity index (χ1v) is 8.83. The Morgan fingerprint density at radius 3 is 2.54 bits per heavy atom. The van der Waals surface area contributed by atoms with Crippen LogP contribution in [-0.2, 0) is 25.9 Å². The number of benzene rings is 1. The lowest BCUT2D eigenvalue weighted by molar-refractivity contribution is 0.587. The van der Waals surface area contributed by atoms with Crippen LogP contribution in [0.2, 0.25) is 0 Å². The first-order valence-electron chi connectivity index (χ1n) is 8.83. The van der Waals surface area contributed by atoms with Gasteiger partial charge in [-0.1, -0.05) is 24.1 Å². The largest absolute Gasteiger partial charge is 0.315 e. The van der Waals surface area contributed by atoms with Gasteiger partial charge in [0.1, 0.15) is 11.6 Å². The summed E-state index contributed by atoms with van der Waals surface area (Å²) in [6.45, 7) is 9.54. The maximum atomic E-state index is 4.40. The highest BCUT2D eigenvalue weighted by atomic mass is 35.5. The molecule has 0 amide bonds. The van der Waals surface area contributed by atoms with Crippen molar-refractivity contribution in [1.29, 1.82) is 0 Å². The summed E-state index contributed by atoms with van der Waals surface area (Å²) in [5.74, 6) is 2.33. The van der Waals surface area contributed by atoms with E-state index in [-0.39, 0.29) is 12.4 Å². The standard InChI is InChI=1S/C19H28N4.ClH/c1-14-11-15(2)17(16(3)12-14)13-20-9-8-19-22-21-18-7-5-4-6-10-23(18)19;/h11-12,20H,4-10,13H2,1-3H3;1H. The molecule has 0 fully saturated rings. The van der Waals surface area contributed by atoms with Gasteiger partial charge in [0, 0.05) is 32.5 Å². The normalized spacial score (nSPS) is 14.0. The number of fused-ring (bicyclic) bond motifs is 1. The number of rotatable bonds is 5.